The van der Waals surface area contributed by atoms with Crippen LogP contribution in [0.25, 0.3) is 0 Å². The number of nitrogens with zero attached hydrogens (tertiary/aromatic N) is 1. The summed E-state index contributed by atoms with van der Waals surface area (Å²) in [6.07, 6.45) is 6.26. The summed E-state index contributed by atoms with van der Waals surface area (Å²) in [6.45, 7) is 0. The zero-order valence-electron chi connectivity index (χ0n) is 9.28. The van der Waals surface area contributed by atoms with Crippen LogP contribution >= 0.6 is 0 Å². The highest BCUT2D eigenvalue weighted by atomic mass is 16.5. The van der Waals surface area contributed by atoms with Gasteiger partial charge in [-0.1, -0.05) is 12.5 Å². The normalized spacial score (nSPS) is 17.0. The van der Waals surface area contributed by atoms with Crippen molar-refractivity contribution in [3.8, 4) is 5.88 Å². The molecule has 1 saturated carbocycles. The maximum absolute atomic E-state index is 7.31. The standard InChI is InChI=1S/C12H17N3O/c13-12(14)10-7-4-8-11(15-10)16-9-5-2-1-3-6-9/h4,7-9H,1-3,5-6H2,(H3,13,14). The molecule has 0 saturated heterocycles. The smallest absolute Gasteiger partial charge is 0.214 e. The average molecular weight is 219 g/mol. The van der Waals surface area contributed by atoms with E-state index in [2.05, 4.69) is 4.98 Å². The first kappa shape index (κ1) is 10.9. The van der Waals surface area contributed by atoms with Crippen LogP contribution < -0.4 is 10.5 Å². The fourth-order valence-corrected chi connectivity index (χ4v) is 1.98. The number of ether oxygens (including phenoxy) is 1. The van der Waals surface area contributed by atoms with Gasteiger partial charge in [0.25, 0.3) is 0 Å². The van der Waals surface area contributed by atoms with Crippen LogP contribution in [0.2, 0.25) is 0 Å². The fourth-order valence-electron chi connectivity index (χ4n) is 1.98. The predicted octanol–water partition coefficient (Wildman–Crippen LogP) is 2.08. The van der Waals surface area contributed by atoms with E-state index in [1.54, 1.807) is 6.07 Å². The van der Waals surface area contributed by atoms with Crippen molar-refractivity contribution in [3.63, 3.8) is 0 Å². The van der Waals surface area contributed by atoms with Crippen LogP contribution in [-0.4, -0.2) is 16.9 Å². The van der Waals surface area contributed by atoms with Crippen LogP contribution in [0, 0.1) is 5.41 Å². The number of aromatic nitrogens is 1. The topological polar surface area (TPSA) is 72.0 Å². The Morgan fingerprint density at radius 1 is 1.31 bits per heavy atom. The highest BCUT2D eigenvalue weighted by Gasteiger charge is 2.15. The Kier molecular flexibility index (Phi) is 3.39. The third kappa shape index (κ3) is 2.72. The average Bonchev–Trinajstić information content (AvgIpc) is 2.30. The molecule has 1 aromatic heterocycles. The highest BCUT2D eigenvalue weighted by molar-refractivity contribution is 5.93. The van der Waals surface area contributed by atoms with Crippen molar-refractivity contribution in [2.24, 2.45) is 5.73 Å². The second kappa shape index (κ2) is 4.96. The van der Waals surface area contributed by atoms with Gasteiger partial charge in [-0.2, -0.15) is 0 Å². The highest BCUT2D eigenvalue weighted by Crippen LogP contribution is 2.22. The Balaban J connectivity index is 2.02. The van der Waals surface area contributed by atoms with Crippen LogP contribution in [0.1, 0.15) is 37.8 Å². The van der Waals surface area contributed by atoms with Crippen LogP contribution in [0.15, 0.2) is 18.2 Å². The van der Waals surface area contributed by atoms with E-state index < -0.39 is 0 Å². The molecule has 86 valence electrons. The number of nitrogens with two attached hydrogens (primary N) is 1. The Bertz CT molecular complexity index is 372. The molecular formula is C12H17N3O. The maximum atomic E-state index is 7.31. The van der Waals surface area contributed by atoms with Gasteiger partial charge in [0.15, 0.2) is 0 Å². The van der Waals surface area contributed by atoms with Crippen LogP contribution in [0.5, 0.6) is 5.88 Å². The van der Waals surface area contributed by atoms with Gasteiger partial charge in [-0.15, -0.1) is 0 Å². The second-order valence-corrected chi connectivity index (χ2v) is 4.15. The number of rotatable bonds is 3. The third-order valence-corrected chi connectivity index (χ3v) is 2.84. The lowest BCUT2D eigenvalue weighted by atomic mass is 9.98. The summed E-state index contributed by atoms with van der Waals surface area (Å²) in [5.41, 5.74) is 5.86. The minimum absolute atomic E-state index is 0.0194. The summed E-state index contributed by atoms with van der Waals surface area (Å²) in [6, 6.07) is 5.36. The molecular weight excluding hydrogens is 202 g/mol. The molecule has 0 spiro atoms. The number of pyridine rings is 1. The van der Waals surface area contributed by atoms with Crippen molar-refractivity contribution in [1.82, 2.24) is 4.98 Å². The molecule has 16 heavy (non-hydrogen) atoms. The zero-order chi connectivity index (χ0) is 11.4. The third-order valence-electron chi connectivity index (χ3n) is 2.84. The van der Waals surface area contributed by atoms with E-state index in [0.29, 0.717) is 11.6 Å². The van der Waals surface area contributed by atoms with Crippen molar-refractivity contribution in [2.75, 3.05) is 0 Å². The van der Waals surface area contributed by atoms with Crippen LogP contribution in [0.4, 0.5) is 0 Å². The first-order chi connectivity index (χ1) is 7.75. The molecule has 2 rings (SSSR count). The van der Waals surface area contributed by atoms with Crippen molar-refractivity contribution < 1.29 is 4.74 Å². The predicted molar refractivity (Wildman–Crippen MR) is 62.8 cm³/mol. The Labute approximate surface area is 95.3 Å². The molecule has 0 atom stereocenters. The van der Waals surface area contributed by atoms with E-state index in [-0.39, 0.29) is 11.9 Å². The Morgan fingerprint density at radius 2 is 2.06 bits per heavy atom. The molecule has 4 nitrogen and oxygen atoms in total. The van der Waals surface area contributed by atoms with Crippen molar-refractivity contribution in [3.05, 3.63) is 23.9 Å². The molecule has 0 unspecified atom stereocenters. The Morgan fingerprint density at radius 3 is 2.75 bits per heavy atom. The molecule has 3 N–H and O–H groups in total. The van der Waals surface area contributed by atoms with Gasteiger partial charge in [-0.25, -0.2) is 4.98 Å². The van der Waals surface area contributed by atoms with Crippen LogP contribution in [-0.2, 0) is 0 Å². The first-order valence-electron chi connectivity index (χ1n) is 5.74. The number of amidine groups is 1. The van der Waals surface area contributed by atoms with E-state index in [1.807, 2.05) is 12.1 Å². The first-order valence-corrected chi connectivity index (χ1v) is 5.74. The van der Waals surface area contributed by atoms with E-state index in [1.165, 1.54) is 19.3 Å². The van der Waals surface area contributed by atoms with E-state index in [4.69, 9.17) is 15.9 Å². The van der Waals surface area contributed by atoms with E-state index in [0.717, 1.165) is 12.8 Å². The largest absolute Gasteiger partial charge is 0.474 e. The van der Waals surface area contributed by atoms with Gasteiger partial charge in [-0.05, 0) is 31.7 Å². The van der Waals surface area contributed by atoms with Gasteiger partial charge in [0.05, 0.1) is 0 Å². The summed E-state index contributed by atoms with van der Waals surface area (Å²) >= 11 is 0. The summed E-state index contributed by atoms with van der Waals surface area (Å²) in [5.74, 6) is 0.564. The second-order valence-electron chi connectivity index (χ2n) is 4.15. The lowest BCUT2D eigenvalue weighted by Gasteiger charge is -2.22. The molecule has 0 amide bonds. The molecule has 0 radical (unpaired) electrons. The molecule has 1 aliphatic carbocycles. The Hall–Kier alpha value is -1.58. The molecule has 0 aromatic carbocycles. The molecule has 1 fully saturated rings. The quantitative estimate of drug-likeness (QED) is 0.604. The van der Waals surface area contributed by atoms with Gasteiger partial charge in [0, 0.05) is 6.07 Å². The summed E-state index contributed by atoms with van der Waals surface area (Å²) < 4.78 is 5.78. The van der Waals surface area contributed by atoms with E-state index >= 15 is 0 Å². The van der Waals surface area contributed by atoms with Gasteiger partial charge in [-0.3, -0.25) is 5.41 Å². The maximum Gasteiger partial charge on any atom is 0.214 e. The summed E-state index contributed by atoms with van der Waals surface area (Å²) in [4.78, 5) is 4.19. The monoisotopic (exact) mass is 219 g/mol. The van der Waals surface area contributed by atoms with E-state index in [9.17, 15) is 0 Å². The minimum atomic E-state index is -0.0194. The van der Waals surface area contributed by atoms with Crippen molar-refractivity contribution in [1.29, 1.82) is 5.41 Å². The lowest BCUT2D eigenvalue weighted by Crippen LogP contribution is -2.21. The number of nitrogens with one attached hydrogen (secondary N) is 1. The number of hydrogen-bond donors (Lipinski definition) is 2. The molecule has 0 aliphatic heterocycles. The van der Waals surface area contributed by atoms with Crippen LogP contribution in [0.3, 0.4) is 0 Å². The van der Waals surface area contributed by atoms with Gasteiger partial charge in [0.1, 0.15) is 17.6 Å². The summed E-state index contributed by atoms with van der Waals surface area (Å²) in [5, 5.41) is 7.31. The van der Waals surface area contributed by atoms with Crippen molar-refractivity contribution >= 4 is 5.84 Å². The van der Waals surface area contributed by atoms with Crippen molar-refractivity contribution in [2.45, 2.75) is 38.2 Å². The summed E-state index contributed by atoms with van der Waals surface area (Å²) in [7, 11) is 0. The molecule has 1 heterocycles. The zero-order valence-corrected chi connectivity index (χ0v) is 9.28. The number of hydrogen-bond acceptors (Lipinski definition) is 3. The fraction of sp³-hybridized carbons (Fsp3) is 0.500. The molecule has 1 aliphatic rings. The number of nitrogen functional groups attached to an aromatic ring is 1. The molecule has 1 aromatic rings. The van der Waals surface area contributed by atoms with Gasteiger partial charge in [0.2, 0.25) is 5.88 Å². The lowest BCUT2D eigenvalue weighted by molar-refractivity contribution is 0.148. The van der Waals surface area contributed by atoms with Gasteiger partial charge >= 0.3 is 0 Å². The van der Waals surface area contributed by atoms with Gasteiger partial charge < -0.3 is 10.5 Å². The minimum Gasteiger partial charge on any atom is -0.474 e. The SMILES string of the molecule is N=C(N)c1cccc(OC2CCCCC2)n1. The molecule has 4 heteroatoms. The molecule has 0 bridgehead atoms.